The number of anilines is 1. The van der Waals surface area contributed by atoms with Gasteiger partial charge in [-0.25, -0.2) is 9.97 Å². The van der Waals surface area contributed by atoms with Crippen LogP contribution in [0.25, 0.3) is 0 Å². The summed E-state index contributed by atoms with van der Waals surface area (Å²) in [5.41, 5.74) is 1.19. The molecule has 0 atom stereocenters. The summed E-state index contributed by atoms with van der Waals surface area (Å²) in [6.07, 6.45) is 13.2. The number of nitrogens with zero attached hydrogens (tertiary/aromatic N) is 3. The fraction of sp³-hybridized carbons (Fsp3) is 0.733. The highest BCUT2D eigenvalue weighted by Crippen LogP contribution is 2.24. The van der Waals surface area contributed by atoms with Gasteiger partial charge in [-0.1, -0.05) is 19.3 Å². The van der Waals surface area contributed by atoms with Crippen LogP contribution in [0.4, 0.5) is 5.95 Å². The SMILES string of the molecule is CN(c1ncc(CNC2CC2)cn1)C1CCCCC1. The topological polar surface area (TPSA) is 41.1 Å². The van der Waals surface area contributed by atoms with Crippen molar-refractivity contribution >= 4 is 5.95 Å². The highest BCUT2D eigenvalue weighted by atomic mass is 15.2. The van der Waals surface area contributed by atoms with Crippen LogP contribution in [-0.4, -0.2) is 29.1 Å². The van der Waals surface area contributed by atoms with Gasteiger partial charge in [0.05, 0.1) is 0 Å². The molecule has 0 bridgehead atoms. The van der Waals surface area contributed by atoms with Gasteiger partial charge in [0, 0.05) is 43.6 Å². The Morgan fingerprint density at radius 1 is 1.11 bits per heavy atom. The third-order valence-corrected chi connectivity index (χ3v) is 4.30. The van der Waals surface area contributed by atoms with Crippen LogP contribution < -0.4 is 10.2 Å². The van der Waals surface area contributed by atoms with Crippen LogP contribution >= 0.6 is 0 Å². The molecule has 2 fully saturated rings. The first-order valence-electron chi connectivity index (χ1n) is 7.60. The number of hydrogen-bond donors (Lipinski definition) is 1. The Balaban J connectivity index is 1.57. The lowest BCUT2D eigenvalue weighted by atomic mass is 9.95. The Labute approximate surface area is 115 Å². The molecule has 0 spiro atoms. The maximum atomic E-state index is 4.53. The van der Waals surface area contributed by atoms with Gasteiger partial charge >= 0.3 is 0 Å². The number of rotatable bonds is 5. The van der Waals surface area contributed by atoms with Gasteiger partial charge in [-0.2, -0.15) is 0 Å². The van der Waals surface area contributed by atoms with Crippen molar-refractivity contribution in [2.75, 3.05) is 11.9 Å². The van der Waals surface area contributed by atoms with E-state index in [0.717, 1.165) is 18.5 Å². The van der Waals surface area contributed by atoms with E-state index in [1.807, 2.05) is 12.4 Å². The first-order chi connectivity index (χ1) is 9.33. The van der Waals surface area contributed by atoms with E-state index in [1.54, 1.807) is 0 Å². The fourth-order valence-electron chi connectivity index (χ4n) is 2.80. The van der Waals surface area contributed by atoms with E-state index < -0.39 is 0 Å². The molecule has 4 heteroatoms. The third-order valence-electron chi connectivity index (χ3n) is 4.30. The van der Waals surface area contributed by atoms with Crippen LogP contribution in [0.1, 0.15) is 50.5 Å². The molecule has 3 rings (SSSR count). The predicted molar refractivity (Wildman–Crippen MR) is 77.2 cm³/mol. The molecule has 2 aliphatic rings. The Bertz CT molecular complexity index is 393. The fourth-order valence-corrected chi connectivity index (χ4v) is 2.80. The van der Waals surface area contributed by atoms with Crippen molar-refractivity contribution in [3.8, 4) is 0 Å². The molecule has 1 heterocycles. The van der Waals surface area contributed by atoms with Crippen LogP contribution in [0, 0.1) is 0 Å². The van der Waals surface area contributed by atoms with Crippen molar-refractivity contribution < 1.29 is 0 Å². The number of aromatic nitrogens is 2. The zero-order valence-electron chi connectivity index (χ0n) is 11.8. The molecule has 1 aromatic rings. The monoisotopic (exact) mass is 260 g/mol. The van der Waals surface area contributed by atoms with Gasteiger partial charge in [0.2, 0.25) is 5.95 Å². The predicted octanol–water partition coefficient (Wildman–Crippen LogP) is 2.50. The second-order valence-corrected chi connectivity index (χ2v) is 5.95. The Hall–Kier alpha value is -1.16. The summed E-state index contributed by atoms with van der Waals surface area (Å²) >= 11 is 0. The van der Waals surface area contributed by atoms with Gasteiger partial charge < -0.3 is 10.2 Å². The molecule has 1 aromatic heterocycles. The summed E-state index contributed by atoms with van der Waals surface area (Å²) in [5, 5.41) is 3.49. The summed E-state index contributed by atoms with van der Waals surface area (Å²) in [6, 6.07) is 1.37. The smallest absolute Gasteiger partial charge is 0.225 e. The number of nitrogens with one attached hydrogen (secondary N) is 1. The molecule has 2 aliphatic carbocycles. The molecule has 0 saturated heterocycles. The van der Waals surface area contributed by atoms with Crippen LogP contribution in [0.5, 0.6) is 0 Å². The van der Waals surface area contributed by atoms with E-state index in [2.05, 4.69) is 27.2 Å². The van der Waals surface area contributed by atoms with Gasteiger partial charge in [0.15, 0.2) is 0 Å². The minimum atomic E-state index is 0.629. The molecule has 19 heavy (non-hydrogen) atoms. The summed E-state index contributed by atoms with van der Waals surface area (Å²) < 4.78 is 0. The highest BCUT2D eigenvalue weighted by molar-refractivity contribution is 5.30. The molecule has 0 unspecified atom stereocenters. The molecule has 0 aliphatic heterocycles. The van der Waals surface area contributed by atoms with E-state index in [9.17, 15) is 0 Å². The molecule has 104 valence electrons. The molecule has 0 radical (unpaired) electrons. The minimum absolute atomic E-state index is 0.629. The quantitative estimate of drug-likeness (QED) is 0.883. The van der Waals surface area contributed by atoms with E-state index in [0.29, 0.717) is 6.04 Å². The van der Waals surface area contributed by atoms with Gasteiger partial charge in [0.1, 0.15) is 0 Å². The zero-order valence-corrected chi connectivity index (χ0v) is 11.8. The van der Waals surface area contributed by atoms with Crippen molar-refractivity contribution in [3.63, 3.8) is 0 Å². The van der Waals surface area contributed by atoms with Crippen LogP contribution in [0.2, 0.25) is 0 Å². The standard InChI is InChI=1S/C15H24N4/c1-19(14-5-3-2-4-6-14)15-17-10-12(11-18-15)9-16-13-7-8-13/h10-11,13-14,16H,2-9H2,1H3. The van der Waals surface area contributed by atoms with Crippen molar-refractivity contribution in [1.82, 2.24) is 15.3 Å². The zero-order chi connectivity index (χ0) is 13.1. The van der Waals surface area contributed by atoms with E-state index in [1.165, 1.54) is 50.5 Å². The average molecular weight is 260 g/mol. The summed E-state index contributed by atoms with van der Waals surface area (Å²) in [6.45, 7) is 0.901. The maximum Gasteiger partial charge on any atom is 0.225 e. The molecule has 0 aromatic carbocycles. The van der Waals surface area contributed by atoms with Crippen molar-refractivity contribution in [1.29, 1.82) is 0 Å². The molecule has 4 nitrogen and oxygen atoms in total. The Kier molecular flexibility index (Phi) is 3.97. The maximum absolute atomic E-state index is 4.53. The summed E-state index contributed by atoms with van der Waals surface area (Å²) in [7, 11) is 2.13. The first kappa shape index (κ1) is 12.9. The lowest BCUT2D eigenvalue weighted by Gasteiger charge is -2.31. The average Bonchev–Trinajstić information content (AvgIpc) is 3.30. The highest BCUT2D eigenvalue weighted by Gasteiger charge is 2.21. The molecule has 0 amide bonds. The van der Waals surface area contributed by atoms with Crippen molar-refractivity contribution in [3.05, 3.63) is 18.0 Å². The Morgan fingerprint density at radius 2 is 1.79 bits per heavy atom. The second-order valence-electron chi connectivity index (χ2n) is 5.95. The largest absolute Gasteiger partial charge is 0.341 e. The van der Waals surface area contributed by atoms with E-state index in [-0.39, 0.29) is 0 Å². The van der Waals surface area contributed by atoms with Gasteiger partial charge in [-0.15, -0.1) is 0 Å². The van der Waals surface area contributed by atoms with Gasteiger partial charge in [0.25, 0.3) is 0 Å². The van der Waals surface area contributed by atoms with Crippen LogP contribution in [-0.2, 0) is 6.54 Å². The van der Waals surface area contributed by atoms with Crippen LogP contribution in [0.15, 0.2) is 12.4 Å². The Morgan fingerprint density at radius 3 is 2.42 bits per heavy atom. The minimum Gasteiger partial charge on any atom is -0.341 e. The summed E-state index contributed by atoms with van der Waals surface area (Å²) in [4.78, 5) is 11.3. The molecular weight excluding hydrogens is 236 g/mol. The first-order valence-corrected chi connectivity index (χ1v) is 7.60. The lowest BCUT2D eigenvalue weighted by Crippen LogP contribution is -2.34. The van der Waals surface area contributed by atoms with Crippen molar-refractivity contribution in [2.45, 2.75) is 63.6 Å². The molecular formula is C15H24N4. The van der Waals surface area contributed by atoms with E-state index >= 15 is 0 Å². The number of hydrogen-bond acceptors (Lipinski definition) is 4. The normalized spacial score (nSPS) is 20.5. The van der Waals surface area contributed by atoms with Gasteiger partial charge in [-0.05, 0) is 25.7 Å². The lowest BCUT2D eigenvalue weighted by molar-refractivity contribution is 0.424. The van der Waals surface area contributed by atoms with Crippen LogP contribution in [0.3, 0.4) is 0 Å². The molecule has 2 saturated carbocycles. The van der Waals surface area contributed by atoms with E-state index in [4.69, 9.17) is 0 Å². The van der Waals surface area contributed by atoms with Crippen molar-refractivity contribution in [2.24, 2.45) is 0 Å². The summed E-state index contributed by atoms with van der Waals surface area (Å²) in [5.74, 6) is 0.877. The second kappa shape index (κ2) is 5.87. The third kappa shape index (κ3) is 3.44. The van der Waals surface area contributed by atoms with Gasteiger partial charge in [-0.3, -0.25) is 0 Å². The molecule has 1 N–H and O–H groups in total.